The number of carbonyl (C=O) groups is 1. The molecule has 0 unspecified atom stereocenters. The summed E-state index contributed by atoms with van der Waals surface area (Å²) in [5.41, 5.74) is 7.35. The zero-order valence-electron chi connectivity index (χ0n) is 22.7. The Kier molecular flexibility index (Phi) is 6.61. The molecule has 7 heteroatoms. The van der Waals surface area contributed by atoms with E-state index in [0.29, 0.717) is 44.9 Å². The maximum absolute atomic E-state index is 12.8. The van der Waals surface area contributed by atoms with Gasteiger partial charge in [0, 0.05) is 47.8 Å². The third-order valence-electron chi connectivity index (χ3n) is 7.88. The lowest BCUT2D eigenvalue weighted by Gasteiger charge is -2.17. The molecule has 7 nitrogen and oxygen atoms in total. The lowest BCUT2D eigenvalue weighted by atomic mass is 9.94. The first-order chi connectivity index (χ1) is 19.0. The number of nitrogens with zero attached hydrogens (tertiary/aromatic N) is 3. The Morgan fingerprint density at radius 3 is 2.72 bits per heavy atom. The van der Waals surface area contributed by atoms with E-state index >= 15 is 0 Å². The molecule has 3 aromatic carbocycles. The van der Waals surface area contributed by atoms with Crippen LogP contribution >= 0.6 is 0 Å². The second-order valence-electron chi connectivity index (χ2n) is 10.3. The molecule has 1 aliphatic heterocycles. The molecule has 1 aliphatic rings. The average molecular weight is 524 g/mol. The van der Waals surface area contributed by atoms with Crippen molar-refractivity contribution in [1.29, 1.82) is 0 Å². The Morgan fingerprint density at radius 2 is 1.87 bits per heavy atom. The van der Waals surface area contributed by atoms with Crippen molar-refractivity contribution in [2.24, 2.45) is 7.05 Å². The van der Waals surface area contributed by atoms with Crippen LogP contribution in [0.3, 0.4) is 0 Å². The lowest BCUT2D eigenvalue weighted by Crippen LogP contribution is -2.14. The van der Waals surface area contributed by atoms with Gasteiger partial charge in [-0.05, 0) is 55.7 Å². The summed E-state index contributed by atoms with van der Waals surface area (Å²) in [4.78, 5) is 12.8. The molecular formula is C32H33N3O4. The van der Waals surface area contributed by atoms with E-state index in [1.54, 1.807) is 0 Å². The number of ether oxygens (including phenoxy) is 2. The average Bonchev–Trinajstić information content (AvgIpc) is 3.39. The van der Waals surface area contributed by atoms with Crippen LogP contribution in [0.1, 0.15) is 45.8 Å². The Labute approximate surface area is 227 Å². The molecule has 2 aromatic heterocycles. The summed E-state index contributed by atoms with van der Waals surface area (Å²) in [5, 5.41) is 18.4. The molecule has 3 heterocycles. The van der Waals surface area contributed by atoms with Gasteiger partial charge in [0.05, 0.1) is 24.4 Å². The van der Waals surface area contributed by atoms with E-state index < -0.39 is 5.97 Å². The topological polar surface area (TPSA) is 78.5 Å². The van der Waals surface area contributed by atoms with E-state index in [1.807, 2.05) is 40.6 Å². The minimum Gasteiger partial charge on any atom is -0.493 e. The number of hydrogen-bond donors (Lipinski definition) is 1. The number of aryl methyl sites for hydroxylation is 4. The van der Waals surface area contributed by atoms with Gasteiger partial charge in [0.2, 0.25) is 0 Å². The third-order valence-corrected chi connectivity index (χ3v) is 7.88. The van der Waals surface area contributed by atoms with Crippen molar-refractivity contribution >= 4 is 27.6 Å². The molecule has 6 rings (SSSR count). The van der Waals surface area contributed by atoms with Crippen LogP contribution in [-0.4, -0.2) is 38.6 Å². The molecule has 0 fully saturated rings. The number of aromatic nitrogens is 3. The lowest BCUT2D eigenvalue weighted by molar-refractivity contribution is 0.0681. The fourth-order valence-corrected chi connectivity index (χ4v) is 6.00. The molecule has 0 spiro atoms. The maximum atomic E-state index is 12.8. The third kappa shape index (κ3) is 4.36. The first-order valence-electron chi connectivity index (χ1n) is 13.5. The van der Waals surface area contributed by atoms with E-state index in [1.165, 1.54) is 0 Å². The Morgan fingerprint density at radius 1 is 1.05 bits per heavy atom. The zero-order chi connectivity index (χ0) is 27.1. The van der Waals surface area contributed by atoms with Crippen LogP contribution in [0.25, 0.3) is 32.8 Å². The SMILES string of the molecule is Cc1ccc2c(CCCOc3cccc4ccccc34)c(C(=O)O)n3c2c1-c1c(nn(C)c1C)COCCC3. The van der Waals surface area contributed by atoms with Crippen LogP contribution in [0.4, 0.5) is 0 Å². The van der Waals surface area contributed by atoms with Crippen molar-refractivity contribution < 1.29 is 19.4 Å². The molecule has 0 atom stereocenters. The Bertz CT molecular complexity index is 1710. The number of hydrogen-bond acceptors (Lipinski definition) is 4. The molecule has 0 bridgehead atoms. The number of benzene rings is 3. The summed E-state index contributed by atoms with van der Waals surface area (Å²) >= 11 is 0. The highest BCUT2D eigenvalue weighted by atomic mass is 16.5. The second-order valence-corrected chi connectivity index (χ2v) is 10.3. The van der Waals surface area contributed by atoms with E-state index in [2.05, 4.69) is 44.2 Å². The van der Waals surface area contributed by atoms with Crippen molar-refractivity contribution in [3.63, 3.8) is 0 Å². The van der Waals surface area contributed by atoms with Gasteiger partial charge in [0.15, 0.2) is 0 Å². The minimum atomic E-state index is -0.902. The fraction of sp³-hybridized carbons (Fsp3) is 0.312. The first kappa shape index (κ1) is 25.2. The quantitative estimate of drug-likeness (QED) is 0.259. The first-order valence-corrected chi connectivity index (χ1v) is 13.5. The van der Waals surface area contributed by atoms with Gasteiger partial charge in [-0.2, -0.15) is 5.10 Å². The summed E-state index contributed by atoms with van der Waals surface area (Å²) in [5.74, 6) is -0.0502. The Hall–Kier alpha value is -4.10. The number of aromatic carboxylic acids is 1. The number of fused-ring (bicyclic) bond motifs is 3. The van der Waals surface area contributed by atoms with Gasteiger partial charge >= 0.3 is 5.97 Å². The standard InChI is InChI=1S/C32H33N3O4/c1-20-14-15-25-24(12-7-18-39-27-13-6-10-22-9-4-5-11-23(22)27)31(32(36)37)35-16-8-17-38-19-26-29(28(20)30(25)35)21(2)34(3)33-26/h4-6,9-11,13-15H,7-8,12,16-19H2,1-3H3,(H,36,37). The summed E-state index contributed by atoms with van der Waals surface area (Å²) in [7, 11) is 1.94. The van der Waals surface area contributed by atoms with E-state index in [-0.39, 0.29) is 0 Å². The molecule has 200 valence electrons. The van der Waals surface area contributed by atoms with Crippen LogP contribution in [-0.2, 0) is 31.4 Å². The summed E-state index contributed by atoms with van der Waals surface area (Å²) < 4.78 is 16.1. The zero-order valence-corrected chi connectivity index (χ0v) is 22.7. The van der Waals surface area contributed by atoms with Crippen molar-refractivity contribution in [2.75, 3.05) is 13.2 Å². The van der Waals surface area contributed by atoms with Crippen LogP contribution < -0.4 is 4.74 Å². The molecule has 0 amide bonds. The summed E-state index contributed by atoms with van der Waals surface area (Å²) in [6.07, 6.45) is 2.03. The van der Waals surface area contributed by atoms with Gasteiger partial charge < -0.3 is 19.1 Å². The number of carboxylic acids is 1. The fourth-order valence-electron chi connectivity index (χ4n) is 6.00. The predicted molar refractivity (Wildman–Crippen MR) is 153 cm³/mol. The van der Waals surface area contributed by atoms with E-state index in [0.717, 1.165) is 67.5 Å². The molecule has 0 saturated heterocycles. The van der Waals surface area contributed by atoms with Gasteiger partial charge in [0.25, 0.3) is 0 Å². The van der Waals surface area contributed by atoms with Crippen LogP contribution in [0.5, 0.6) is 5.75 Å². The number of rotatable bonds is 6. The maximum Gasteiger partial charge on any atom is 0.352 e. The minimum absolute atomic E-state index is 0.366. The van der Waals surface area contributed by atoms with Crippen molar-refractivity contribution in [3.8, 4) is 16.9 Å². The molecular weight excluding hydrogens is 490 g/mol. The normalized spacial score (nSPS) is 13.5. The highest BCUT2D eigenvalue weighted by molar-refractivity contribution is 6.05. The largest absolute Gasteiger partial charge is 0.493 e. The van der Waals surface area contributed by atoms with Crippen LogP contribution in [0, 0.1) is 13.8 Å². The smallest absolute Gasteiger partial charge is 0.352 e. The van der Waals surface area contributed by atoms with Gasteiger partial charge in [-0.3, -0.25) is 4.68 Å². The van der Waals surface area contributed by atoms with Crippen molar-refractivity contribution in [1.82, 2.24) is 14.3 Å². The van der Waals surface area contributed by atoms with Gasteiger partial charge in [0.1, 0.15) is 11.4 Å². The highest BCUT2D eigenvalue weighted by Crippen LogP contribution is 2.41. The van der Waals surface area contributed by atoms with Crippen LogP contribution in [0.15, 0.2) is 54.6 Å². The highest BCUT2D eigenvalue weighted by Gasteiger charge is 2.28. The molecule has 39 heavy (non-hydrogen) atoms. The molecule has 5 aromatic rings. The molecule has 0 radical (unpaired) electrons. The molecule has 0 aliphatic carbocycles. The van der Waals surface area contributed by atoms with E-state index in [9.17, 15) is 9.90 Å². The number of carboxylic acid groups (broad SMARTS) is 1. The molecule has 1 N–H and O–H groups in total. The predicted octanol–water partition coefficient (Wildman–Crippen LogP) is 6.44. The van der Waals surface area contributed by atoms with Crippen LogP contribution in [0.2, 0.25) is 0 Å². The van der Waals surface area contributed by atoms with Gasteiger partial charge in [-0.15, -0.1) is 0 Å². The van der Waals surface area contributed by atoms with Gasteiger partial charge in [-0.1, -0.05) is 48.5 Å². The second kappa shape index (κ2) is 10.2. The monoisotopic (exact) mass is 523 g/mol. The summed E-state index contributed by atoms with van der Waals surface area (Å²) in [6.45, 7) is 6.22. The van der Waals surface area contributed by atoms with E-state index in [4.69, 9.17) is 14.6 Å². The Balaban J connectivity index is 1.42. The molecule has 0 saturated carbocycles. The van der Waals surface area contributed by atoms with Crippen molar-refractivity contribution in [2.45, 2.75) is 46.3 Å². The van der Waals surface area contributed by atoms with Gasteiger partial charge in [-0.25, -0.2) is 4.79 Å². The summed E-state index contributed by atoms with van der Waals surface area (Å²) in [6, 6.07) is 18.4. The van der Waals surface area contributed by atoms with Crippen molar-refractivity contribution in [3.05, 3.63) is 82.8 Å².